The van der Waals surface area contributed by atoms with E-state index in [-0.39, 0.29) is 0 Å². The van der Waals surface area contributed by atoms with Crippen LogP contribution in [-0.2, 0) is 12.8 Å². The van der Waals surface area contributed by atoms with E-state index in [1.807, 2.05) is 0 Å². The van der Waals surface area contributed by atoms with E-state index in [9.17, 15) is 0 Å². The van der Waals surface area contributed by atoms with Crippen molar-refractivity contribution < 1.29 is 0 Å². The average molecular weight is 311 g/mol. The number of hydrogen-bond acceptors (Lipinski definition) is 0. The second-order valence-electron chi connectivity index (χ2n) is 7.98. The van der Waals surface area contributed by atoms with E-state index in [1.54, 1.807) is 16.7 Å². The van der Waals surface area contributed by atoms with Crippen LogP contribution >= 0.6 is 0 Å². The SMILES string of the molecule is CCCCCCCC1C=Cc2cc3c(cc21)CC(CC)(CC)C3. The van der Waals surface area contributed by atoms with Crippen LogP contribution in [0.4, 0.5) is 0 Å². The minimum Gasteiger partial charge on any atom is -0.0764 e. The van der Waals surface area contributed by atoms with Crippen LogP contribution in [0.5, 0.6) is 0 Å². The van der Waals surface area contributed by atoms with Crippen molar-refractivity contribution in [2.75, 3.05) is 0 Å². The fourth-order valence-electron chi connectivity index (χ4n) is 4.69. The molecule has 126 valence electrons. The maximum Gasteiger partial charge on any atom is 0.00273 e. The number of benzene rings is 1. The lowest BCUT2D eigenvalue weighted by Gasteiger charge is -2.25. The third-order valence-corrected chi connectivity index (χ3v) is 6.56. The van der Waals surface area contributed by atoms with Gasteiger partial charge in [0.15, 0.2) is 0 Å². The highest BCUT2D eigenvalue weighted by molar-refractivity contribution is 5.65. The van der Waals surface area contributed by atoms with Gasteiger partial charge in [-0.15, -0.1) is 0 Å². The molecule has 0 amide bonds. The normalized spacial score (nSPS) is 20.7. The van der Waals surface area contributed by atoms with Gasteiger partial charge in [-0.2, -0.15) is 0 Å². The van der Waals surface area contributed by atoms with Crippen molar-refractivity contribution in [2.24, 2.45) is 5.41 Å². The summed E-state index contributed by atoms with van der Waals surface area (Å²) in [4.78, 5) is 0. The molecule has 1 unspecified atom stereocenters. The molecule has 1 aromatic rings. The summed E-state index contributed by atoms with van der Waals surface area (Å²) in [5, 5.41) is 0. The molecular weight excluding hydrogens is 276 g/mol. The Hall–Kier alpha value is -1.04. The van der Waals surface area contributed by atoms with Crippen molar-refractivity contribution in [3.8, 4) is 0 Å². The van der Waals surface area contributed by atoms with Gasteiger partial charge in [0.1, 0.15) is 0 Å². The lowest BCUT2D eigenvalue weighted by atomic mass is 9.80. The molecule has 0 bridgehead atoms. The van der Waals surface area contributed by atoms with Crippen LogP contribution < -0.4 is 0 Å². The Kier molecular flexibility index (Phi) is 5.29. The zero-order valence-corrected chi connectivity index (χ0v) is 15.5. The van der Waals surface area contributed by atoms with Crippen LogP contribution in [0.2, 0.25) is 0 Å². The molecule has 2 aliphatic rings. The van der Waals surface area contributed by atoms with Crippen molar-refractivity contribution in [2.45, 2.75) is 90.9 Å². The summed E-state index contributed by atoms with van der Waals surface area (Å²) < 4.78 is 0. The molecule has 0 N–H and O–H groups in total. The van der Waals surface area contributed by atoms with Gasteiger partial charge in [-0.3, -0.25) is 0 Å². The van der Waals surface area contributed by atoms with E-state index in [0.717, 1.165) is 0 Å². The first-order valence-electron chi connectivity index (χ1n) is 10.0. The second kappa shape index (κ2) is 7.24. The first kappa shape index (κ1) is 16.8. The van der Waals surface area contributed by atoms with E-state index in [0.29, 0.717) is 11.3 Å². The van der Waals surface area contributed by atoms with Gasteiger partial charge < -0.3 is 0 Å². The topological polar surface area (TPSA) is 0 Å². The fraction of sp³-hybridized carbons (Fsp3) is 0.652. The Balaban J connectivity index is 1.67. The predicted octanol–water partition coefficient (Wildman–Crippen LogP) is 7.06. The summed E-state index contributed by atoms with van der Waals surface area (Å²) in [5.74, 6) is 0.690. The van der Waals surface area contributed by atoms with E-state index >= 15 is 0 Å². The average Bonchev–Trinajstić information content (AvgIpc) is 3.13. The minimum atomic E-state index is 0.552. The maximum absolute atomic E-state index is 2.58. The van der Waals surface area contributed by atoms with Crippen LogP contribution in [0.15, 0.2) is 18.2 Å². The zero-order valence-electron chi connectivity index (χ0n) is 15.5. The monoisotopic (exact) mass is 310 g/mol. The molecule has 0 saturated heterocycles. The van der Waals surface area contributed by atoms with Crippen LogP contribution in [0.25, 0.3) is 6.08 Å². The Morgan fingerprint density at radius 1 is 0.913 bits per heavy atom. The highest BCUT2D eigenvalue weighted by Gasteiger charge is 2.35. The van der Waals surface area contributed by atoms with Gasteiger partial charge in [-0.1, -0.05) is 77.2 Å². The van der Waals surface area contributed by atoms with Gasteiger partial charge in [-0.25, -0.2) is 0 Å². The predicted molar refractivity (Wildman–Crippen MR) is 102 cm³/mol. The Bertz CT molecular complexity index is 560. The summed E-state index contributed by atoms with van der Waals surface area (Å²) in [6.07, 6.45) is 18.4. The van der Waals surface area contributed by atoms with Crippen molar-refractivity contribution >= 4 is 6.08 Å². The smallest absolute Gasteiger partial charge is 0.00273 e. The molecule has 0 heteroatoms. The Morgan fingerprint density at radius 2 is 1.61 bits per heavy atom. The molecule has 0 heterocycles. The first-order valence-corrected chi connectivity index (χ1v) is 10.0. The third-order valence-electron chi connectivity index (χ3n) is 6.56. The van der Waals surface area contributed by atoms with Crippen molar-refractivity contribution in [1.82, 2.24) is 0 Å². The quantitative estimate of drug-likeness (QED) is 0.451. The van der Waals surface area contributed by atoms with Crippen LogP contribution in [0.3, 0.4) is 0 Å². The highest BCUT2D eigenvalue weighted by Crippen LogP contribution is 2.45. The van der Waals surface area contributed by atoms with Crippen LogP contribution in [0.1, 0.15) is 100 Å². The molecule has 0 radical (unpaired) electrons. The van der Waals surface area contributed by atoms with Gasteiger partial charge in [-0.05, 0) is 59.8 Å². The standard InChI is InChI=1S/C23H34/c1-4-7-8-9-10-11-18-12-13-19-14-20-16-23(5-2,6-3)17-21(20)15-22(18)19/h12-15,18H,4-11,16-17H2,1-3H3. The Morgan fingerprint density at radius 3 is 2.30 bits per heavy atom. The molecule has 0 aromatic heterocycles. The van der Waals surface area contributed by atoms with Crippen LogP contribution in [0, 0.1) is 5.41 Å². The number of hydrogen-bond donors (Lipinski definition) is 0. The summed E-state index contributed by atoms with van der Waals surface area (Å²) in [5.41, 5.74) is 7.00. The summed E-state index contributed by atoms with van der Waals surface area (Å²) >= 11 is 0. The molecule has 0 spiro atoms. The summed E-state index contributed by atoms with van der Waals surface area (Å²) in [6, 6.07) is 5.10. The molecule has 0 fully saturated rings. The van der Waals surface area contributed by atoms with Gasteiger partial charge >= 0.3 is 0 Å². The number of rotatable bonds is 8. The van der Waals surface area contributed by atoms with Gasteiger partial charge in [0.05, 0.1) is 0 Å². The molecule has 0 aliphatic heterocycles. The largest absolute Gasteiger partial charge is 0.0764 e. The maximum atomic E-state index is 2.58. The minimum absolute atomic E-state index is 0.552. The van der Waals surface area contributed by atoms with Crippen molar-refractivity contribution in [1.29, 1.82) is 0 Å². The molecule has 3 rings (SSSR count). The number of fused-ring (bicyclic) bond motifs is 2. The Labute approximate surface area is 143 Å². The van der Waals surface area contributed by atoms with Gasteiger partial charge in [0, 0.05) is 5.92 Å². The second-order valence-corrected chi connectivity index (χ2v) is 7.98. The van der Waals surface area contributed by atoms with E-state index < -0.39 is 0 Å². The van der Waals surface area contributed by atoms with Crippen molar-refractivity contribution in [3.63, 3.8) is 0 Å². The molecule has 1 atom stereocenters. The summed E-state index contributed by atoms with van der Waals surface area (Å²) in [6.45, 7) is 7.05. The molecular formula is C23H34. The molecule has 1 aromatic carbocycles. The highest BCUT2D eigenvalue weighted by atomic mass is 14.4. The zero-order chi connectivity index (χ0) is 16.3. The third kappa shape index (κ3) is 3.42. The lowest BCUT2D eigenvalue weighted by Crippen LogP contribution is -2.18. The summed E-state index contributed by atoms with van der Waals surface area (Å²) in [7, 11) is 0. The lowest BCUT2D eigenvalue weighted by molar-refractivity contribution is 0.280. The van der Waals surface area contributed by atoms with E-state index in [4.69, 9.17) is 0 Å². The molecule has 0 nitrogen and oxygen atoms in total. The number of unbranched alkanes of at least 4 members (excludes halogenated alkanes) is 4. The van der Waals surface area contributed by atoms with E-state index in [1.165, 1.54) is 69.8 Å². The van der Waals surface area contributed by atoms with Gasteiger partial charge in [0.25, 0.3) is 0 Å². The van der Waals surface area contributed by atoms with Gasteiger partial charge in [0.2, 0.25) is 0 Å². The van der Waals surface area contributed by atoms with Crippen molar-refractivity contribution in [3.05, 3.63) is 40.5 Å². The van der Waals surface area contributed by atoms with Crippen LogP contribution in [-0.4, -0.2) is 0 Å². The van der Waals surface area contributed by atoms with E-state index in [2.05, 4.69) is 45.1 Å². The fourth-order valence-corrected chi connectivity index (χ4v) is 4.69. The number of allylic oxidation sites excluding steroid dienone is 1. The molecule has 0 saturated carbocycles. The first-order chi connectivity index (χ1) is 11.2. The molecule has 23 heavy (non-hydrogen) atoms. The molecule has 2 aliphatic carbocycles.